The number of hydrogen-bond acceptors (Lipinski definition) is 4. The van der Waals surface area contributed by atoms with Crippen LogP contribution in [0.1, 0.15) is 58.8 Å². The Bertz CT molecular complexity index is 768. The van der Waals surface area contributed by atoms with Crippen LogP contribution in [0.25, 0.3) is 0 Å². The molecule has 2 aromatic rings. The van der Waals surface area contributed by atoms with Crippen LogP contribution in [0.2, 0.25) is 0 Å². The van der Waals surface area contributed by atoms with E-state index < -0.39 is 0 Å². The number of aryl methyl sites for hydroxylation is 1. The molecule has 2 aliphatic rings. The molecule has 0 unspecified atom stereocenters. The van der Waals surface area contributed by atoms with E-state index in [1.165, 1.54) is 5.56 Å². The smallest absolute Gasteiger partial charge is 0.257 e. The summed E-state index contributed by atoms with van der Waals surface area (Å²) in [4.78, 5) is 23.1. The van der Waals surface area contributed by atoms with Crippen molar-refractivity contribution < 1.29 is 9.90 Å². The van der Waals surface area contributed by atoms with Crippen molar-refractivity contribution in [3.05, 3.63) is 53.1 Å². The predicted octanol–water partition coefficient (Wildman–Crippen LogP) is 3.08. The van der Waals surface area contributed by atoms with E-state index in [4.69, 9.17) is 0 Å². The maximum atomic E-state index is 12.9. The first-order valence-corrected chi connectivity index (χ1v) is 9.13. The van der Waals surface area contributed by atoms with Crippen LogP contribution < -0.4 is 0 Å². The highest BCUT2D eigenvalue weighted by atomic mass is 16.3. The summed E-state index contributed by atoms with van der Waals surface area (Å²) in [5, 5.41) is 10.6. The molecular weight excluding hydrogens is 314 g/mol. The van der Waals surface area contributed by atoms with Gasteiger partial charge in [-0.15, -0.1) is 0 Å². The normalized spacial score (nSPS) is 18.0. The van der Waals surface area contributed by atoms with E-state index in [1.807, 2.05) is 17.0 Å². The number of carbonyl (C=O) groups is 1. The van der Waals surface area contributed by atoms with Crippen LogP contribution in [0.5, 0.6) is 5.75 Å². The average Bonchev–Trinajstić information content (AvgIpc) is 2.69. The van der Waals surface area contributed by atoms with E-state index in [0.29, 0.717) is 24.6 Å². The molecule has 1 aliphatic heterocycles. The molecule has 1 N–H and O–H groups in total. The minimum absolute atomic E-state index is 0.0491. The van der Waals surface area contributed by atoms with Gasteiger partial charge < -0.3 is 10.0 Å². The summed E-state index contributed by atoms with van der Waals surface area (Å²) < 4.78 is 0. The molecule has 0 saturated carbocycles. The third-order valence-corrected chi connectivity index (χ3v) is 5.54. The Morgan fingerprint density at radius 2 is 1.92 bits per heavy atom. The number of amides is 1. The Balaban J connectivity index is 1.48. The molecule has 1 saturated heterocycles. The summed E-state index contributed by atoms with van der Waals surface area (Å²) in [7, 11) is 0. The van der Waals surface area contributed by atoms with Gasteiger partial charge in [-0.1, -0.05) is 6.07 Å². The monoisotopic (exact) mass is 337 g/mol. The Labute approximate surface area is 147 Å². The van der Waals surface area contributed by atoms with Crippen LogP contribution in [0, 0.1) is 0 Å². The van der Waals surface area contributed by atoms with Crippen LogP contribution in [0.3, 0.4) is 0 Å². The highest BCUT2D eigenvalue weighted by Gasteiger charge is 2.28. The molecule has 2 heterocycles. The molecule has 0 radical (unpaired) electrons. The van der Waals surface area contributed by atoms with E-state index in [-0.39, 0.29) is 11.7 Å². The standard InChI is InChI=1S/C20H23N3O2/c24-19-16-4-2-1-3-14(16)5-6-17(19)20(25)23-11-8-15(9-12-23)18-7-10-21-13-22-18/h5-7,10,13,15,24H,1-4,8-9,11-12H2. The van der Waals surface area contributed by atoms with Gasteiger partial charge in [0.2, 0.25) is 0 Å². The molecule has 1 aliphatic carbocycles. The third kappa shape index (κ3) is 3.11. The fraction of sp³-hybridized carbons (Fsp3) is 0.450. The number of piperidine rings is 1. The molecule has 0 atom stereocenters. The minimum atomic E-state index is -0.0491. The number of phenolic OH excluding ortho intramolecular Hbond substituents is 1. The number of phenols is 1. The first-order valence-electron chi connectivity index (χ1n) is 9.13. The number of nitrogens with zero attached hydrogens (tertiary/aromatic N) is 3. The van der Waals surface area contributed by atoms with E-state index in [1.54, 1.807) is 18.6 Å². The molecule has 0 bridgehead atoms. The zero-order chi connectivity index (χ0) is 17.2. The fourth-order valence-corrected chi connectivity index (χ4v) is 4.07. The second-order valence-electron chi connectivity index (χ2n) is 7.01. The molecule has 0 spiro atoms. The fourth-order valence-electron chi connectivity index (χ4n) is 4.07. The topological polar surface area (TPSA) is 66.3 Å². The van der Waals surface area contributed by atoms with Crippen LogP contribution in [0.4, 0.5) is 0 Å². The molecule has 5 nitrogen and oxygen atoms in total. The number of aromatic nitrogens is 2. The quantitative estimate of drug-likeness (QED) is 0.914. The Hall–Kier alpha value is -2.43. The number of likely N-dealkylation sites (tertiary alicyclic amines) is 1. The van der Waals surface area contributed by atoms with Crippen molar-refractivity contribution in [1.82, 2.24) is 14.9 Å². The SMILES string of the molecule is O=C(c1ccc2c(c1O)CCCC2)N1CCC(c2ccncn2)CC1. The van der Waals surface area contributed by atoms with Gasteiger partial charge in [0.1, 0.15) is 12.1 Å². The average molecular weight is 337 g/mol. The third-order valence-electron chi connectivity index (χ3n) is 5.54. The van der Waals surface area contributed by atoms with Gasteiger partial charge in [-0.2, -0.15) is 0 Å². The van der Waals surface area contributed by atoms with Gasteiger partial charge in [0, 0.05) is 30.9 Å². The lowest BCUT2D eigenvalue weighted by Gasteiger charge is -2.32. The molecular formula is C20H23N3O2. The molecule has 25 heavy (non-hydrogen) atoms. The summed E-state index contributed by atoms with van der Waals surface area (Å²) in [6, 6.07) is 5.78. The van der Waals surface area contributed by atoms with Gasteiger partial charge >= 0.3 is 0 Å². The van der Waals surface area contributed by atoms with Crippen LogP contribution in [-0.4, -0.2) is 39.0 Å². The van der Waals surface area contributed by atoms with Crippen molar-refractivity contribution in [2.75, 3.05) is 13.1 Å². The number of rotatable bonds is 2. The lowest BCUT2D eigenvalue weighted by atomic mass is 9.88. The van der Waals surface area contributed by atoms with E-state index in [9.17, 15) is 9.90 Å². The first-order chi connectivity index (χ1) is 12.2. The summed E-state index contributed by atoms with van der Waals surface area (Å²) in [6.45, 7) is 1.40. The highest BCUT2D eigenvalue weighted by Crippen LogP contribution is 2.34. The first kappa shape index (κ1) is 16.1. The van der Waals surface area contributed by atoms with Gasteiger partial charge in [-0.05, 0) is 61.8 Å². The summed E-state index contributed by atoms with van der Waals surface area (Å²) >= 11 is 0. The largest absolute Gasteiger partial charge is 0.507 e. The van der Waals surface area contributed by atoms with Gasteiger partial charge in [0.15, 0.2) is 0 Å². The van der Waals surface area contributed by atoms with Crippen molar-refractivity contribution in [2.45, 2.75) is 44.4 Å². The molecule has 5 heteroatoms. The van der Waals surface area contributed by atoms with Gasteiger partial charge in [-0.25, -0.2) is 9.97 Å². The Kier molecular flexibility index (Phi) is 4.38. The molecule has 1 aromatic carbocycles. The van der Waals surface area contributed by atoms with Crippen molar-refractivity contribution in [3.8, 4) is 5.75 Å². The van der Waals surface area contributed by atoms with Crippen molar-refractivity contribution in [2.24, 2.45) is 0 Å². The number of fused-ring (bicyclic) bond motifs is 1. The van der Waals surface area contributed by atoms with E-state index >= 15 is 0 Å². The van der Waals surface area contributed by atoms with Crippen LogP contribution in [0.15, 0.2) is 30.7 Å². The van der Waals surface area contributed by atoms with Crippen molar-refractivity contribution >= 4 is 5.91 Å². The van der Waals surface area contributed by atoms with Gasteiger partial charge in [0.05, 0.1) is 5.56 Å². The number of carbonyl (C=O) groups excluding carboxylic acids is 1. The lowest BCUT2D eigenvalue weighted by molar-refractivity contribution is 0.0708. The lowest BCUT2D eigenvalue weighted by Crippen LogP contribution is -2.38. The number of benzene rings is 1. The maximum absolute atomic E-state index is 12.9. The minimum Gasteiger partial charge on any atom is -0.507 e. The Morgan fingerprint density at radius 3 is 2.68 bits per heavy atom. The highest BCUT2D eigenvalue weighted by molar-refractivity contribution is 5.97. The molecule has 130 valence electrons. The Morgan fingerprint density at radius 1 is 1.12 bits per heavy atom. The summed E-state index contributed by atoms with van der Waals surface area (Å²) in [5.74, 6) is 0.538. The number of aromatic hydroxyl groups is 1. The van der Waals surface area contributed by atoms with Crippen molar-refractivity contribution in [1.29, 1.82) is 0 Å². The predicted molar refractivity (Wildman–Crippen MR) is 94.7 cm³/mol. The molecule has 4 rings (SSSR count). The zero-order valence-corrected chi connectivity index (χ0v) is 14.3. The number of hydrogen-bond donors (Lipinski definition) is 1. The molecule has 1 aromatic heterocycles. The van der Waals surface area contributed by atoms with E-state index in [2.05, 4.69) is 9.97 Å². The zero-order valence-electron chi connectivity index (χ0n) is 14.3. The van der Waals surface area contributed by atoms with Crippen LogP contribution in [-0.2, 0) is 12.8 Å². The van der Waals surface area contributed by atoms with E-state index in [0.717, 1.165) is 49.8 Å². The summed E-state index contributed by atoms with van der Waals surface area (Å²) in [6.07, 6.45) is 9.27. The van der Waals surface area contributed by atoms with Crippen LogP contribution >= 0.6 is 0 Å². The summed E-state index contributed by atoms with van der Waals surface area (Å²) in [5.41, 5.74) is 3.69. The molecule has 1 fully saturated rings. The second kappa shape index (κ2) is 6.82. The second-order valence-corrected chi connectivity index (χ2v) is 7.01. The molecule has 1 amide bonds. The van der Waals surface area contributed by atoms with Gasteiger partial charge in [-0.3, -0.25) is 4.79 Å². The van der Waals surface area contributed by atoms with Crippen molar-refractivity contribution in [3.63, 3.8) is 0 Å². The van der Waals surface area contributed by atoms with Gasteiger partial charge in [0.25, 0.3) is 5.91 Å². The maximum Gasteiger partial charge on any atom is 0.257 e.